The molecule has 1 amide bonds. The fraction of sp³-hybridized carbons (Fsp3) is 0.125. The van der Waals surface area contributed by atoms with Crippen molar-refractivity contribution in [2.24, 2.45) is 0 Å². The van der Waals surface area contributed by atoms with E-state index in [0.717, 1.165) is 11.1 Å². The first-order chi connectivity index (χ1) is 14.2. The number of amides is 1. The van der Waals surface area contributed by atoms with Crippen LogP contribution >= 0.6 is 0 Å². The third kappa shape index (κ3) is 4.41. The van der Waals surface area contributed by atoms with E-state index in [4.69, 9.17) is 0 Å². The van der Waals surface area contributed by atoms with E-state index in [2.05, 4.69) is 10.3 Å². The molecule has 3 aromatic carbocycles. The number of nitrogens with zero attached hydrogens (tertiary/aromatic N) is 2. The molecule has 144 valence electrons. The first-order valence-corrected chi connectivity index (χ1v) is 9.54. The molecule has 5 nitrogen and oxygen atoms in total. The smallest absolute Gasteiger partial charge is 0.261 e. The lowest BCUT2D eigenvalue weighted by molar-refractivity contribution is -0.121. The molecule has 1 heterocycles. The van der Waals surface area contributed by atoms with E-state index in [1.165, 1.54) is 4.57 Å². The Morgan fingerprint density at radius 1 is 0.828 bits per heavy atom. The molecular weight excluding hydrogens is 362 g/mol. The molecule has 0 aliphatic heterocycles. The zero-order chi connectivity index (χ0) is 20.1. The van der Waals surface area contributed by atoms with E-state index < -0.39 is 0 Å². The first-order valence-electron chi connectivity index (χ1n) is 9.54. The SMILES string of the molecule is O=C(Cn1c(Cc2ccccc2)nc2ccccc2c1=O)NCc1ccccc1. The number of fused-ring (bicyclic) bond motifs is 1. The summed E-state index contributed by atoms with van der Waals surface area (Å²) in [5, 5.41) is 3.40. The van der Waals surface area contributed by atoms with Gasteiger partial charge < -0.3 is 5.32 Å². The van der Waals surface area contributed by atoms with Gasteiger partial charge in [0.25, 0.3) is 5.56 Å². The van der Waals surface area contributed by atoms with Crippen LogP contribution in [-0.4, -0.2) is 15.5 Å². The molecule has 1 N–H and O–H groups in total. The highest BCUT2D eigenvalue weighted by Gasteiger charge is 2.14. The van der Waals surface area contributed by atoms with Crippen LogP contribution in [0.2, 0.25) is 0 Å². The summed E-state index contributed by atoms with van der Waals surface area (Å²) < 4.78 is 1.48. The molecule has 0 spiro atoms. The molecule has 5 heteroatoms. The van der Waals surface area contributed by atoms with Crippen LogP contribution in [0, 0.1) is 0 Å². The van der Waals surface area contributed by atoms with Crippen LogP contribution in [-0.2, 0) is 24.3 Å². The molecular formula is C24H21N3O2. The molecule has 0 bridgehead atoms. The van der Waals surface area contributed by atoms with E-state index >= 15 is 0 Å². The van der Waals surface area contributed by atoms with Crippen LogP contribution in [0.3, 0.4) is 0 Å². The average Bonchev–Trinajstić information content (AvgIpc) is 2.76. The monoisotopic (exact) mass is 383 g/mol. The lowest BCUT2D eigenvalue weighted by Gasteiger charge is -2.14. The van der Waals surface area contributed by atoms with Gasteiger partial charge in [-0.3, -0.25) is 14.2 Å². The summed E-state index contributed by atoms with van der Waals surface area (Å²) in [5.41, 5.74) is 2.49. The van der Waals surface area contributed by atoms with Gasteiger partial charge in [0.2, 0.25) is 5.91 Å². The topological polar surface area (TPSA) is 64.0 Å². The summed E-state index contributed by atoms with van der Waals surface area (Å²) in [6.45, 7) is 0.356. The zero-order valence-electron chi connectivity index (χ0n) is 15.9. The number of hydrogen-bond acceptors (Lipinski definition) is 3. The quantitative estimate of drug-likeness (QED) is 0.556. The van der Waals surface area contributed by atoms with Crippen molar-refractivity contribution < 1.29 is 4.79 Å². The minimum Gasteiger partial charge on any atom is -0.350 e. The molecule has 0 atom stereocenters. The van der Waals surface area contributed by atoms with Crippen molar-refractivity contribution in [3.05, 3.63) is 112 Å². The van der Waals surface area contributed by atoms with Gasteiger partial charge in [-0.1, -0.05) is 72.8 Å². The number of rotatable bonds is 6. The van der Waals surface area contributed by atoms with Gasteiger partial charge in [-0.05, 0) is 23.3 Å². The van der Waals surface area contributed by atoms with Crippen LogP contribution in [0.5, 0.6) is 0 Å². The average molecular weight is 383 g/mol. The van der Waals surface area contributed by atoms with Crippen molar-refractivity contribution in [3.63, 3.8) is 0 Å². The molecule has 29 heavy (non-hydrogen) atoms. The van der Waals surface area contributed by atoms with Gasteiger partial charge in [0, 0.05) is 13.0 Å². The second-order valence-corrected chi connectivity index (χ2v) is 6.86. The van der Waals surface area contributed by atoms with E-state index in [9.17, 15) is 9.59 Å². The highest BCUT2D eigenvalue weighted by atomic mass is 16.2. The van der Waals surface area contributed by atoms with Gasteiger partial charge >= 0.3 is 0 Å². The van der Waals surface area contributed by atoms with E-state index in [1.807, 2.05) is 78.9 Å². The molecule has 0 unspecified atom stereocenters. The molecule has 0 aliphatic rings. The number of aromatic nitrogens is 2. The third-order valence-electron chi connectivity index (χ3n) is 4.78. The maximum Gasteiger partial charge on any atom is 0.261 e. The van der Waals surface area contributed by atoms with Crippen molar-refractivity contribution in [2.75, 3.05) is 0 Å². The minimum absolute atomic E-state index is 0.0638. The summed E-state index contributed by atoms with van der Waals surface area (Å²) in [7, 11) is 0. The van der Waals surface area contributed by atoms with Crippen molar-refractivity contribution in [1.29, 1.82) is 0 Å². The highest BCUT2D eigenvalue weighted by Crippen LogP contribution is 2.12. The molecule has 0 saturated heterocycles. The minimum atomic E-state index is -0.220. The fourth-order valence-corrected chi connectivity index (χ4v) is 3.29. The lowest BCUT2D eigenvalue weighted by Crippen LogP contribution is -2.34. The summed E-state index contributed by atoms with van der Waals surface area (Å²) in [4.78, 5) is 30.4. The molecule has 0 aliphatic carbocycles. The van der Waals surface area contributed by atoms with Gasteiger partial charge in [-0.25, -0.2) is 4.98 Å². The molecule has 0 radical (unpaired) electrons. The predicted molar refractivity (Wildman–Crippen MR) is 114 cm³/mol. The zero-order valence-corrected chi connectivity index (χ0v) is 15.9. The Labute approximate surface area is 168 Å². The van der Waals surface area contributed by atoms with E-state index in [1.54, 1.807) is 6.07 Å². The van der Waals surface area contributed by atoms with Crippen LogP contribution in [0.15, 0.2) is 89.7 Å². The number of carbonyl (C=O) groups excluding carboxylic acids is 1. The Morgan fingerprint density at radius 2 is 1.45 bits per heavy atom. The van der Waals surface area contributed by atoms with E-state index in [-0.39, 0.29) is 18.0 Å². The lowest BCUT2D eigenvalue weighted by atomic mass is 10.1. The summed E-state index contributed by atoms with van der Waals surface area (Å²) in [5.74, 6) is 0.358. The van der Waals surface area contributed by atoms with E-state index in [0.29, 0.717) is 29.7 Å². The standard InChI is InChI=1S/C24H21N3O2/c28-23(25-16-19-11-5-2-6-12-19)17-27-22(15-18-9-3-1-4-10-18)26-21-14-8-7-13-20(21)24(27)29/h1-14H,15-17H2,(H,25,28). The van der Waals surface area contributed by atoms with Gasteiger partial charge in [0.1, 0.15) is 12.4 Å². The molecule has 4 rings (SSSR count). The Kier molecular flexibility index (Phi) is 5.47. The second kappa shape index (κ2) is 8.52. The van der Waals surface area contributed by atoms with Gasteiger partial charge in [-0.2, -0.15) is 0 Å². The molecule has 4 aromatic rings. The number of benzene rings is 3. The van der Waals surface area contributed by atoms with Gasteiger partial charge in [-0.15, -0.1) is 0 Å². The Morgan fingerprint density at radius 3 is 2.17 bits per heavy atom. The first kappa shape index (κ1) is 18.6. The second-order valence-electron chi connectivity index (χ2n) is 6.86. The van der Waals surface area contributed by atoms with Crippen molar-refractivity contribution in [2.45, 2.75) is 19.5 Å². The molecule has 0 fully saturated rings. The number of hydrogen-bond donors (Lipinski definition) is 1. The van der Waals surface area contributed by atoms with Crippen LogP contribution in [0.4, 0.5) is 0 Å². The summed E-state index contributed by atoms with van der Waals surface area (Å²) >= 11 is 0. The van der Waals surface area contributed by atoms with Gasteiger partial charge in [0.05, 0.1) is 10.9 Å². The number of para-hydroxylation sites is 1. The third-order valence-corrected chi connectivity index (χ3v) is 4.78. The van der Waals surface area contributed by atoms with Crippen LogP contribution in [0.1, 0.15) is 17.0 Å². The largest absolute Gasteiger partial charge is 0.350 e. The summed E-state index contributed by atoms with van der Waals surface area (Å²) in [6.07, 6.45) is 0.479. The highest BCUT2D eigenvalue weighted by molar-refractivity contribution is 5.79. The normalized spacial score (nSPS) is 10.8. The van der Waals surface area contributed by atoms with Crippen LogP contribution < -0.4 is 10.9 Å². The fourth-order valence-electron chi connectivity index (χ4n) is 3.29. The number of carbonyl (C=O) groups is 1. The Hall–Kier alpha value is -3.73. The molecule has 0 saturated carbocycles. The Balaban J connectivity index is 1.64. The van der Waals surface area contributed by atoms with Crippen molar-refractivity contribution >= 4 is 16.8 Å². The maximum absolute atomic E-state index is 13.1. The number of nitrogens with one attached hydrogen (secondary N) is 1. The van der Waals surface area contributed by atoms with Crippen molar-refractivity contribution in [3.8, 4) is 0 Å². The van der Waals surface area contributed by atoms with Gasteiger partial charge in [0.15, 0.2) is 0 Å². The Bertz CT molecular complexity index is 1190. The summed E-state index contributed by atoms with van der Waals surface area (Å²) in [6, 6.07) is 26.7. The maximum atomic E-state index is 13.1. The predicted octanol–water partition coefficient (Wildman–Crippen LogP) is 3.30. The molecule has 1 aromatic heterocycles. The van der Waals surface area contributed by atoms with Crippen molar-refractivity contribution in [1.82, 2.24) is 14.9 Å². The van der Waals surface area contributed by atoms with Crippen LogP contribution in [0.25, 0.3) is 10.9 Å².